The van der Waals surface area contributed by atoms with E-state index in [2.05, 4.69) is 15.4 Å². The van der Waals surface area contributed by atoms with Crippen LogP contribution < -0.4 is 24.8 Å². The van der Waals surface area contributed by atoms with Gasteiger partial charge >= 0.3 is 0 Å². The first-order valence-corrected chi connectivity index (χ1v) is 10.1. The summed E-state index contributed by atoms with van der Waals surface area (Å²) in [6.45, 7) is 1.03. The first-order valence-electron chi connectivity index (χ1n) is 8.60. The maximum absolute atomic E-state index is 12.1. The van der Waals surface area contributed by atoms with Crippen molar-refractivity contribution in [3.8, 4) is 11.5 Å². The number of carbonyl (C=O) groups excluding carboxylic acids is 2. The van der Waals surface area contributed by atoms with Crippen LogP contribution in [0.3, 0.4) is 0 Å². The van der Waals surface area contributed by atoms with Crippen molar-refractivity contribution in [3.63, 3.8) is 0 Å². The molecule has 0 spiro atoms. The Balaban J connectivity index is 1.83. The Hall–Kier alpha value is -3.11. The summed E-state index contributed by atoms with van der Waals surface area (Å²) in [5, 5.41) is 4.95. The molecule has 2 rings (SSSR count). The molecule has 0 radical (unpaired) electrons. The van der Waals surface area contributed by atoms with Gasteiger partial charge in [-0.05, 0) is 31.2 Å². The van der Waals surface area contributed by atoms with Crippen LogP contribution >= 0.6 is 0 Å². The van der Waals surface area contributed by atoms with Crippen LogP contribution in [0.25, 0.3) is 0 Å². The molecule has 0 unspecified atom stereocenters. The van der Waals surface area contributed by atoms with Gasteiger partial charge in [0.15, 0.2) is 11.5 Å². The number of ether oxygens (including phenoxy) is 2. The van der Waals surface area contributed by atoms with E-state index in [0.717, 1.165) is 5.56 Å². The number of amides is 2. The molecule has 2 aromatic carbocycles. The molecule has 29 heavy (non-hydrogen) atoms. The van der Waals surface area contributed by atoms with E-state index in [0.29, 0.717) is 17.2 Å². The molecule has 0 fully saturated rings. The third-order valence-electron chi connectivity index (χ3n) is 3.87. The molecule has 10 heteroatoms. The highest BCUT2D eigenvalue weighted by Gasteiger charge is 2.15. The number of benzene rings is 2. The summed E-state index contributed by atoms with van der Waals surface area (Å²) in [4.78, 5) is 23.9. The largest absolute Gasteiger partial charge is 0.493 e. The first-order chi connectivity index (χ1) is 13.7. The highest BCUT2D eigenvalue weighted by atomic mass is 32.2. The molecule has 9 nitrogen and oxygen atoms in total. The zero-order valence-corrected chi connectivity index (χ0v) is 17.1. The van der Waals surface area contributed by atoms with Gasteiger partial charge in [-0.3, -0.25) is 9.59 Å². The maximum atomic E-state index is 12.1. The third kappa shape index (κ3) is 6.47. The highest BCUT2D eigenvalue weighted by molar-refractivity contribution is 7.89. The number of rotatable bonds is 9. The van der Waals surface area contributed by atoms with Crippen molar-refractivity contribution >= 4 is 27.5 Å². The molecule has 0 aliphatic carbocycles. The Morgan fingerprint density at radius 2 is 1.55 bits per heavy atom. The summed E-state index contributed by atoms with van der Waals surface area (Å²) in [6.07, 6.45) is 0. The van der Waals surface area contributed by atoms with E-state index in [1.54, 1.807) is 30.3 Å². The van der Waals surface area contributed by atoms with Crippen molar-refractivity contribution in [3.05, 3.63) is 48.0 Å². The van der Waals surface area contributed by atoms with Gasteiger partial charge in [0.1, 0.15) is 0 Å². The lowest BCUT2D eigenvalue weighted by Crippen LogP contribution is -2.40. The quantitative estimate of drug-likeness (QED) is 0.556. The molecule has 0 aliphatic rings. The van der Waals surface area contributed by atoms with Gasteiger partial charge in [-0.2, -0.15) is 0 Å². The Bertz CT molecular complexity index is 974. The van der Waals surface area contributed by atoms with E-state index in [4.69, 9.17) is 9.47 Å². The van der Waals surface area contributed by atoms with Crippen LogP contribution in [0.15, 0.2) is 47.4 Å². The topological polar surface area (TPSA) is 123 Å². The number of methoxy groups -OCH3 is 2. The van der Waals surface area contributed by atoms with E-state index in [-0.39, 0.29) is 11.4 Å². The summed E-state index contributed by atoms with van der Waals surface area (Å²) in [5.74, 6) is -0.158. The second-order valence-corrected chi connectivity index (χ2v) is 7.80. The van der Waals surface area contributed by atoms with E-state index in [9.17, 15) is 18.0 Å². The molecule has 0 aromatic heterocycles. The molecule has 0 atom stereocenters. The van der Waals surface area contributed by atoms with E-state index in [1.165, 1.54) is 26.4 Å². The Labute approximate surface area is 169 Å². The molecular weight excluding hydrogens is 398 g/mol. The SMILES string of the molecule is COc1ccc(NC(=O)CNC(=O)CNS(=O)(=O)c2ccc(C)cc2)cc1OC. The second-order valence-electron chi connectivity index (χ2n) is 6.03. The molecule has 0 bridgehead atoms. The molecule has 2 amide bonds. The average molecular weight is 421 g/mol. The number of hydrogen-bond acceptors (Lipinski definition) is 6. The summed E-state index contributed by atoms with van der Waals surface area (Å²) >= 11 is 0. The van der Waals surface area contributed by atoms with E-state index >= 15 is 0 Å². The highest BCUT2D eigenvalue weighted by Crippen LogP contribution is 2.29. The Morgan fingerprint density at radius 3 is 2.17 bits per heavy atom. The van der Waals surface area contributed by atoms with Gasteiger partial charge < -0.3 is 20.1 Å². The summed E-state index contributed by atoms with van der Waals surface area (Å²) < 4.78 is 36.8. The van der Waals surface area contributed by atoms with Crippen LogP contribution in [0, 0.1) is 6.92 Å². The Morgan fingerprint density at radius 1 is 0.897 bits per heavy atom. The minimum absolute atomic E-state index is 0.0575. The van der Waals surface area contributed by atoms with Crippen LogP contribution in [0.2, 0.25) is 0 Å². The molecule has 0 aliphatic heterocycles. The molecule has 156 valence electrons. The molecule has 0 saturated heterocycles. The van der Waals surface area contributed by atoms with Crippen molar-refractivity contribution in [1.82, 2.24) is 10.0 Å². The molecule has 0 saturated carbocycles. The van der Waals surface area contributed by atoms with Gasteiger partial charge in [-0.1, -0.05) is 17.7 Å². The molecule has 3 N–H and O–H groups in total. The van der Waals surface area contributed by atoms with Crippen molar-refractivity contribution in [2.45, 2.75) is 11.8 Å². The fourth-order valence-corrected chi connectivity index (χ4v) is 3.30. The molecule has 2 aromatic rings. The zero-order chi connectivity index (χ0) is 21.4. The monoisotopic (exact) mass is 421 g/mol. The van der Waals surface area contributed by atoms with Crippen molar-refractivity contribution < 1.29 is 27.5 Å². The number of hydrogen-bond donors (Lipinski definition) is 3. The molecule has 0 heterocycles. The lowest BCUT2D eigenvalue weighted by atomic mass is 10.2. The van der Waals surface area contributed by atoms with Crippen LogP contribution in [-0.2, 0) is 19.6 Å². The van der Waals surface area contributed by atoms with E-state index in [1.807, 2.05) is 6.92 Å². The normalized spacial score (nSPS) is 10.9. The van der Waals surface area contributed by atoms with Gasteiger partial charge in [-0.25, -0.2) is 13.1 Å². The first kappa shape index (κ1) is 22.2. The van der Waals surface area contributed by atoms with Gasteiger partial charge in [0, 0.05) is 11.8 Å². The average Bonchev–Trinajstić information content (AvgIpc) is 2.71. The minimum atomic E-state index is -3.81. The molecular formula is C19H23N3O6S. The van der Waals surface area contributed by atoms with Crippen LogP contribution in [0.4, 0.5) is 5.69 Å². The van der Waals surface area contributed by atoms with Crippen molar-refractivity contribution in [2.24, 2.45) is 0 Å². The number of anilines is 1. The number of nitrogens with one attached hydrogen (secondary N) is 3. The van der Waals surface area contributed by atoms with Crippen LogP contribution in [-0.4, -0.2) is 47.5 Å². The number of carbonyl (C=O) groups is 2. The fraction of sp³-hybridized carbons (Fsp3) is 0.263. The van der Waals surface area contributed by atoms with Crippen molar-refractivity contribution in [2.75, 3.05) is 32.6 Å². The fourth-order valence-electron chi connectivity index (χ4n) is 2.32. The summed E-state index contributed by atoms with van der Waals surface area (Å²) in [7, 11) is -0.838. The number of aryl methyl sites for hydroxylation is 1. The third-order valence-corrected chi connectivity index (χ3v) is 5.28. The van der Waals surface area contributed by atoms with E-state index < -0.39 is 28.4 Å². The zero-order valence-electron chi connectivity index (χ0n) is 16.3. The predicted molar refractivity (Wildman–Crippen MR) is 108 cm³/mol. The predicted octanol–water partition coefficient (Wildman–Crippen LogP) is 1.05. The van der Waals surface area contributed by atoms with Crippen LogP contribution in [0.1, 0.15) is 5.56 Å². The van der Waals surface area contributed by atoms with Gasteiger partial charge in [0.25, 0.3) is 0 Å². The van der Waals surface area contributed by atoms with Crippen LogP contribution in [0.5, 0.6) is 11.5 Å². The maximum Gasteiger partial charge on any atom is 0.243 e. The summed E-state index contributed by atoms with van der Waals surface area (Å²) in [5.41, 5.74) is 1.38. The lowest BCUT2D eigenvalue weighted by Gasteiger charge is -2.11. The van der Waals surface area contributed by atoms with Gasteiger partial charge in [0.2, 0.25) is 21.8 Å². The number of sulfonamides is 1. The second kappa shape index (κ2) is 9.89. The lowest BCUT2D eigenvalue weighted by molar-refractivity contribution is -0.123. The minimum Gasteiger partial charge on any atom is -0.493 e. The van der Waals surface area contributed by atoms with Gasteiger partial charge in [-0.15, -0.1) is 0 Å². The smallest absolute Gasteiger partial charge is 0.243 e. The standard InChI is InChI=1S/C19H23N3O6S/c1-13-4-7-15(8-5-13)29(25,26)21-12-18(23)20-11-19(24)22-14-6-9-16(27-2)17(10-14)28-3/h4-10,21H,11-12H2,1-3H3,(H,20,23)(H,22,24). The Kier molecular flexibility index (Phi) is 7.57. The van der Waals surface area contributed by atoms with Gasteiger partial charge in [0.05, 0.1) is 32.2 Å². The summed E-state index contributed by atoms with van der Waals surface area (Å²) in [6, 6.07) is 11.1. The van der Waals surface area contributed by atoms with Crippen molar-refractivity contribution in [1.29, 1.82) is 0 Å².